The van der Waals surface area contributed by atoms with Crippen LogP contribution in [0.1, 0.15) is 12.0 Å². The normalized spacial score (nSPS) is 9.81. The molecule has 0 aliphatic heterocycles. The summed E-state index contributed by atoms with van der Waals surface area (Å²) in [5.41, 5.74) is 0.301. The van der Waals surface area contributed by atoms with Crippen LogP contribution in [0.5, 0.6) is 5.75 Å². The van der Waals surface area contributed by atoms with Crippen molar-refractivity contribution in [3.8, 4) is 5.75 Å². The number of rotatable bonds is 4. The maximum absolute atomic E-state index is 10.9. The van der Waals surface area contributed by atoms with Gasteiger partial charge in [-0.1, -0.05) is 6.07 Å². The van der Waals surface area contributed by atoms with Crippen molar-refractivity contribution in [3.63, 3.8) is 0 Å². The predicted octanol–water partition coefficient (Wildman–Crippen LogP) is 1.41. The van der Waals surface area contributed by atoms with Gasteiger partial charge in [0.2, 0.25) is 0 Å². The van der Waals surface area contributed by atoms with Gasteiger partial charge in [-0.2, -0.15) is 0 Å². The highest BCUT2D eigenvalue weighted by Gasteiger charge is 2.13. The Morgan fingerprint density at radius 2 is 2.25 bits per heavy atom. The Morgan fingerprint density at radius 3 is 2.75 bits per heavy atom. The van der Waals surface area contributed by atoms with Gasteiger partial charge in [0.05, 0.1) is 12.0 Å². The van der Waals surface area contributed by atoms with Gasteiger partial charge in [0.1, 0.15) is 0 Å². The van der Waals surface area contributed by atoms with E-state index in [1.165, 1.54) is 25.3 Å². The summed E-state index contributed by atoms with van der Waals surface area (Å²) >= 11 is 0. The summed E-state index contributed by atoms with van der Waals surface area (Å²) < 4.78 is 4.45. The van der Waals surface area contributed by atoms with Crippen LogP contribution in [0, 0.1) is 10.1 Å². The van der Waals surface area contributed by atoms with Crippen molar-refractivity contribution in [1.82, 2.24) is 0 Å². The topological polar surface area (TPSA) is 89.7 Å². The third kappa shape index (κ3) is 2.94. The van der Waals surface area contributed by atoms with E-state index < -0.39 is 10.7 Å². The van der Waals surface area contributed by atoms with Gasteiger partial charge < -0.3 is 9.84 Å². The fraction of sp³-hybridized carbons (Fsp3) is 0.300. The van der Waals surface area contributed by atoms with Crippen LogP contribution in [0.3, 0.4) is 0 Å². The van der Waals surface area contributed by atoms with Crippen molar-refractivity contribution >= 4 is 11.7 Å². The van der Waals surface area contributed by atoms with E-state index in [2.05, 4.69) is 4.74 Å². The molecule has 0 heterocycles. The molecular formula is C10H11NO5. The molecule has 0 saturated heterocycles. The Balaban J connectivity index is 2.74. The van der Waals surface area contributed by atoms with Crippen LogP contribution < -0.4 is 0 Å². The molecule has 1 aromatic rings. The molecule has 6 heteroatoms. The lowest BCUT2D eigenvalue weighted by Crippen LogP contribution is -2.01. The monoisotopic (exact) mass is 225 g/mol. The number of ether oxygens (including phenoxy) is 1. The van der Waals surface area contributed by atoms with E-state index in [-0.39, 0.29) is 18.1 Å². The number of benzene rings is 1. The molecule has 0 aromatic heterocycles. The molecule has 1 rings (SSSR count). The average Bonchev–Trinajstić information content (AvgIpc) is 2.25. The molecule has 6 nitrogen and oxygen atoms in total. The zero-order valence-corrected chi connectivity index (χ0v) is 8.67. The van der Waals surface area contributed by atoms with Gasteiger partial charge in [-0.3, -0.25) is 14.9 Å². The number of aromatic hydroxyl groups is 1. The molecule has 0 atom stereocenters. The fourth-order valence-corrected chi connectivity index (χ4v) is 1.23. The number of carbonyl (C=O) groups is 1. The van der Waals surface area contributed by atoms with Gasteiger partial charge in [-0.25, -0.2) is 0 Å². The maximum Gasteiger partial charge on any atom is 0.310 e. The molecule has 0 aliphatic rings. The van der Waals surface area contributed by atoms with E-state index >= 15 is 0 Å². The smallest absolute Gasteiger partial charge is 0.310 e. The molecule has 86 valence electrons. The van der Waals surface area contributed by atoms with E-state index in [1.807, 2.05) is 0 Å². The Labute approximate surface area is 91.6 Å². The molecule has 0 fully saturated rings. The van der Waals surface area contributed by atoms with Crippen LogP contribution in [0.25, 0.3) is 0 Å². The molecule has 0 unspecified atom stereocenters. The first-order valence-corrected chi connectivity index (χ1v) is 4.57. The zero-order valence-electron chi connectivity index (χ0n) is 8.67. The van der Waals surface area contributed by atoms with Crippen LogP contribution in [0.4, 0.5) is 5.69 Å². The third-order valence-corrected chi connectivity index (χ3v) is 2.08. The van der Waals surface area contributed by atoms with Crippen molar-refractivity contribution < 1.29 is 19.6 Å². The first-order valence-electron chi connectivity index (χ1n) is 4.57. The lowest BCUT2D eigenvalue weighted by Gasteiger charge is -2.01. The molecule has 0 radical (unpaired) electrons. The zero-order chi connectivity index (χ0) is 12.1. The van der Waals surface area contributed by atoms with Crippen molar-refractivity contribution in [1.29, 1.82) is 0 Å². The van der Waals surface area contributed by atoms with Crippen molar-refractivity contribution in [2.45, 2.75) is 12.8 Å². The number of nitro benzene ring substituents is 1. The largest absolute Gasteiger partial charge is 0.502 e. The van der Waals surface area contributed by atoms with Crippen molar-refractivity contribution in [2.75, 3.05) is 7.11 Å². The minimum Gasteiger partial charge on any atom is -0.502 e. The van der Waals surface area contributed by atoms with Crippen molar-refractivity contribution in [2.24, 2.45) is 0 Å². The highest BCUT2D eigenvalue weighted by molar-refractivity contribution is 5.69. The molecule has 0 bridgehead atoms. The van der Waals surface area contributed by atoms with Gasteiger partial charge in [0, 0.05) is 12.5 Å². The fourth-order valence-electron chi connectivity index (χ4n) is 1.23. The molecule has 16 heavy (non-hydrogen) atoms. The number of hydrogen-bond acceptors (Lipinski definition) is 5. The van der Waals surface area contributed by atoms with Crippen molar-refractivity contribution in [3.05, 3.63) is 33.9 Å². The lowest BCUT2D eigenvalue weighted by atomic mass is 10.1. The Bertz CT molecular complexity index is 416. The van der Waals surface area contributed by atoms with Crippen LogP contribution in [0.15, 0.2) is 18.2 Å². The molecule has 0 saturated carbocycles. The minimum atomic E-state index is -0.667. The number of aryl methyl sites for hydroxylation is 1. The predicted molar refractivity (Wildman–Crippen MR) is 55.1 cm³/mol. The van der Waals surface area contributed by atoms with Gasteiger partial charge in [-0.15, -0.1) is 0 Å². The number of nitrogens with zero attached hydrogens (tertiary/aromatic N) is 1. The molecule has 1 N–H and O–H groups in total. The lowest BCUT2D eigenvalue weighted by molar-refractivity contribution is -0.385. The standard InChI is InChI=1S/C10H11NO5/c1-16-10(13)5-3-7-2-4-8(11(14)15)9(12)6-7/h2,4,6,12H,3,5H2,1H3. The Kier molecular flexibility index (Phi) is 3.82. The number of phenolic OH excluding ortho intramolecular Hbond substituents is 1. The molecule has 1 aromatic carbocycles. The second-order valence-corrected chi connectivity index (χ2v) is 3.16. The van der Waals surface area contributed by atoms with E-state index in [0.29, 0.717) is 12.0 Å². The quantitative estimate of drug-likeness (QED) is 0.475. The van der Waals surface area contributed by atoms with E-state index in [4.69, 9.17) is 0 Å². The first-order chi connectivity index (χ1) is 7.54. The molecule has 0 amide bonds. The van der Waals surface area contributed by atoms with Gasteiger partial charge >= 0.3 is 11.7 Å². The summed E-state index contributed by atoms with van der Waals surface area (Å²) in [7, 11) is 1.29. The molecule has 0 spiro atoms. The highest BCUT2D eigenvalue weighted by Crippen LogP contribution is 2.26. The summed E-state index contributed by atoms with van der Waals surface area (Å²) in [4.78, 5) is 20.6. The summed E-state index contributed by atoms with van der Waals surface area (Å²) in [6, 6.07) is 3.99. The number of nitro groups is 1. The first kappa shape index (κ1) is 12.0. The summed E-state index contributed by atoms with van der Waals surface area (Å²) in [6.45, 7) is 0. The van der Waals surface area contributed by atoms with Crippen LogP contribution in [-0.2, 0) is 16.0 Å². The number of hydrogen-bond donors (Lipinski definition) is 1. The van der Waals surface area contributed by atoms with E-state index in [9.17, 15) is 20.0 Å². The van der Waals surface area contributed by atoms with Gasteiger partial charge in [0.25, 0.3) is 0 Å². The van der Waals surface area contributed by atoms with Crippen LogP contribution in [-0.4, -0.2) is 23.1 Å². The Morgan fingerprint density at radius 1 is 1.56 bits per heavy atom. The summed E-state index contributed by atoms with van der Waals surface area (Å²) in [5.74, 6) is -0.759. The van der Waals surface area contributed by atoms with Gasteiger partial charge in [0.15, 0.2) is 5.75 Å². The summed E-state index contributed by atoms with van der Waals surface area (Å²) in [6.07, 6.45) is 0.548. The Hall–Kier alpha value is -2.11. The average molecular weight is 225 g/mol. The SMILES string of the molecule is COC(=O)CCc1ccc([N+](=O)[O-])c(O)c1. The number of phenols is 1. The van der Waals surface area contributed by atoms with Gasteiger partial charge in [-0.05, 0) is 18.1 Å². The number of esters is 1. The molecular weight excluding hydrogens is 214 g/mol. The minimum absolute atomic E-state index is 0.174. The molecule has 0 aliphatic carbocycles. The number of methoxy groups -OCH3 is 1. The maximum atomic E-state index is 10.9. The van der Waals surface area contributed by atoms with Crippen LogP contribution >= 0.6 is 0 Å². The summed E-state index contributed by atoms with van der Waals surface area (Å²) in [5, 5.41) is 19.7. The van der Waals surface area contributed by atoms with E-state index in [0.717, 1.165) is 0 Å². The second kappa shape index (κ2) is 5.11. The highest BCUT2D eigenvalue weighted by atomic mass is 16.6. The number of carbonyl (C=O) groups excluding carboxylic acids is 1. The second-order valence-electron chi connectivity index (χ2n) is 3.16. The third-order valence-electron chi connectivity index (χ3n) is 2.08. The van der Waals surface area contributed by atoms with Crippen LogP contribution in [0.2, 0.25) is 0 Å². The van der Waals surface area contributed by atoms with E-state index in [1.54, 1.807) is 0 Å².